The summed E-state index contributed by atoms with van der Waals surface area (Å²) >= 11 is 1.40. The van der Waals surface area contributed by atoms with Crippen molar-refractivity contribution in [2.24, 2.45) is 0 Å². The summed E-state index contributed by atoms with van der Waals surface area (Å²) in [5, 5.41) is 5.00. The van der Waals surface area contributed by atoms with Crippen molar-refractivity contribution in [3.8, 4) is 0 Å². The second-order valence-corrected chi connectivity index (χ2v) is 7.13. The zero-order valence-electron chi connectivity index (χ0n) is 15.2. The summed E-state index contributed by atoms with van der Waals surface area (Å²) in [6.07, 6.45) is 0.919. The second kappa shape index (κ2) is 10.8. The molecule has 0 heterocycles. The van der Waals surface area contributed by atoms with Crippen LogP contribution in [-0.4, -0.2) is 43.5 Å². The number of esters is 1. The van der Waals surface area contributed by atoms with Crippen molar-refractivity contribution in [3.05, 3.63) is 42.5 Å². The number of rotatable bonds is 10. The Morgan fingerprint density at radius 2 is 1.88 bits per heavy atom. The molecule has 0 radical (unpaired) electrons. The van der Waals surface area contributed by atoms with E-state index in [1.54, 1.807) is 0 Å². The third kappa shape index (κ3) is 7.45. The molecule has 0 aliphatic rings. The molecule has 1 amide bonds. The summed E-state index contributed by atoms with van der Waals surface area (Å²) in [5.74, 6) is -0.520. The third-order valence-corrected chi connectivity index (χ3v) is 4.50. The van der Waals surface area contributed by atoms with Gasteiger partial charge < -0.3 is 14.8 Å². The summed E-state index contributed by atoms with van der Waals surface area (Å²) in [7, 11) is 0. The monoisotopic (exact) mass is 375 g/mol. The number of carbonyl (C=O) groups excluding carboxylic acids is 2. The maximum atomic E-state index is 11.8. The zero-order valence-corrected chi connectivity index (χ0v) is 16.0. The van der Waals surface area contributed by atoms with Crippen molar-refractivity contribution in [3.63, 3.8) is 0 Å². The summed E-state index contributed by atoms with van der Waals surface area (Å²) in [4.78, 5) is 24.4. The van der Waals surface area contributed by atoms with Gasteiger partial charge >= 0.3 is 5.97 Å². The Morgan fingerprint density at radius 1 is 1.12 bits per heavy atom. The van der Waals surface area contributed by atoms with E-state index in [9.17, 15) is 9.59 Å². The van der Waals surface area contributed by atoms with Crippen LogP contribution >= 0.6 is 11.8 Å². The van der Waals surface area contributed by atoms with Gasteiger partial charge in [-0.2, -0.15) is 0 Å². The van der Waals surface area contributed by atoms with E-state index in [0.29, 0.717) is 13.2 Å². The van der Waals surface area contributed by atoms with E-state index in [2.05, 4.69) is 5.32 Å². The summed E-state index contributed by atoms with van der Waals surface area (Å²) in [5.41, 5.74) is 0. The van der Waals surface area contributed by atoms with Crippen LogP contribution in [0.1, 0.15) is 20.3 Å². The standard InChI is InChI=1S/C20H25NO4S/c1-15(2)24-11-5-10-21-19(22)13-25-20(23)14-26-18-9-8-16-6-3-4-7-17(16)12-18/h3-4,6-9,12,15H,5,10-11,13-14H2,1-2H3,(H,21,22). The average Bonchev–Trinajstić information content (AvgIpc) is 2.64. The molecule has 0 atom stereocenters. The van der Waals surface area contributed by atoms with Crippen LogP contribution in [0.5, 0.6) is 0 Å². The highest BCUT2D eigenvalue weighted by Gasteiger charge is 2.08. The first kappa shape index (κ1) is 20.3. The first-order valence-electron chi connectivity index (χ1n) is 8.70. The van der Waals surface area contributed by atoms with Crippen LogP contribution in [0.25, 0.3) is 10.8 Å². The van der Waals surface area contributed by atoms with Gasteiger partial charge in [0.1, 0.15) is 0 Å². The lowest BCUT2D eigenvalue weighted by Crippen LogP contribution is -2.30. The Kier molecular flexibility index (Phi) is 8.44. The molecule has 0 fully saturated rings. The van der Waals surface area contributed by atoms with Crippen LogP contribution in [0.4, 0.5) is 0 Å². The highest BCUT2D eigenvalue weighted by atomic mass is 32.2. The van der Waals surface area contributed by atoms with Gasteiger partial charge in [0.05, 0.1) is 11.9 Å². The molecule has 6 heteroatoms. The smallest absolute Gasteiger partial charge is 0.316 e. The molecule has 5 nitrogen and oxygen atoms in total. The molecule has 0 unspecified atom stereocenters. The highest BCUT2D eigenvalue weighted by Crippen LogP contribution is 2.23. The van der Waals surface area contributed by atoms with Crippen LogP contribution < -0.4 is 5.32 Å². The first-order valence-corrected chi connectivity index (χ1v) is 9.68. The molecule has 0 aliphatic heterocycles. The molecule has 0 spiro atoms. The van der Waals surface area contributed by atoms with E-state index in [4.69, 9.17) is 9.47 Å². The molecular formula is C20H25NO4S. The van der Waals surface area contributed by atoms with E-state index in [1.807, 2.05) is 56.3 Å². The van der Waals surface area contributed by atoms with Gasteiger partial charge in [0.2, 0.25) is 0 Å². The van der Waals surface area contributed by atoms with Crippen molar-refractivity contribution in [1.82, 2.24) is 5.32 Å². The van der Waals surface area contributed by atoms with Crippen molar-refractivity contribution < 1.29 is 19.1 Å². The molecule has 0 saturated carbocycles. The van der Waals surface area contributed by atoms with Crippen LogP contribution in [-0.2, 0) is 19.1 Å². The van der Waals surface area contributed by atoms with E-state index < -0.39 is 5.97 Å². The topological polar surface area (TPSA) is 64.6 Å². The fourth-order valence-corrected chi connectivity index (χ4v) is 3.00. The Balaban J connectivity index is 1.62. The number of carbonyl (C=O) groups is 2. The summed E-state index contributed by atoms with van der Waals surface area (Å²) < 4.78 is 10.4. The number of thioether (sulfide) groups is 1. The molecule has 0 aromatic heterocycles. The van der Waals surface area contributed by atoms with E-state index >= 15 is 0 Å². The number of hydrogen-bond donors (Lipinski definition) is 1. The van der Waals surface area contributed by atoms with E-state index in [1.165, 1.54) is 11.8 Å². The minimum Gasteiger partial charge on any atom is -0.455 e. The molecule has 0 aliphatic carbocycles. The van der Waals surface area contributed by atoms with E-state index in [-0.39, 0.29) is 24.4 Å². The maximum Gasteiger partial charge on any atom is 0.316 e. The van der Waals surface area contributed by atoms with Gasteiger partial charge in [0, 0.05) is 18.0 Å². The second-order valence-electron chi connectivity index (χ2n) is 6.08. The Bertz CT molecular complexity index is 733. The average molecular weight is 375 g/mol. The van der Waals surface area contributed by atoms with Crippen LogP contribution in [0.3, 0.4) is 0 Å². The van der Waals surface area contributed by atoms with Crippen LogP contribution in [0.15, 0.2) is 47.4 Å². The lowest BCUT2D eigenvalue weighted by Gasteiger charge is -2.09. The number of benzene rings is 2. The predicted octanol–water partition coefficient (Wildman–Crippen LogP) is 3.41. The normalized spacial score (nSPS) is 10.9. The zero-order chi connectivity index (χ0) is 18.8. The molecule has 2 rings (SSSR count). The van der Waals surface area contributed by atoms with Crippen molar-refractivity contribution in [1.29, 1.82) is 0 Å². The summed E-state index contributed by atoms with van der Waals surface area (Å²) in [6, 6.07) is 14.1. The molecule has 2 aromatic carbocycles. The molecule has 1 N–H and O–H groups in total. The Hall–Kier alpha value is -2.05. The molecule has 140 valence electrons. The third-order valence-electron chi connectivity index (χ3n) is 3.54. The highest BCUT2D eigenvalue weighted by molar-refractivity contribution is 8.00. The van der Waals surface area contributed by atoms with Crippen LogP contribution in [0, 0.1) is 0 Å². The fraction of sp³-hybridized carbons (Fsp3) is 0.400. The number of hydrogen-bond acceptors (Lipinski definition) is 5. The van der Waals surface area contributed by atoms with Crippen molar-refractivity contribution in [2.45, 2.75) is 31.3 Å². The van der Waals surface area contributed by atoms with E-state index in [0.717, 1.165) is 22.1 Å². The molecule has 0 saturated heterocycles. The lowest BCUT2D eigenvalue weighted by atomic mass is 10.1. The first-order chi connectivity index (χ1) is 12.5. The number of fused-ring (bicyclic) bond motifs is 1. The van der Waals surface area contributed by atoms with Crippen LogP contribution in [0.2, 0.25) is 0 Å². The van der Waals surface area contributed by atoms with Crippen molar-refractivity contribution >= 4 is 34.4 Å². The van der Waals surface area contributed by atoms with Gasteiger partial charge in [0.15, 0.2) is 6.61 Å². The molecule has 26 heavy (non-hydrogen) atoms. The Labute approximate surface area is 158 Å². The predicted molar refractivity (Wildman–Crippen MR) is 104 cm³/mol. The Morgan fingerprint density at radius 3 is 2.65 bits per heavy atom. The molecular weight excluding hydrogens is 350 g/mol. The molecule has 0 bridgehead atoms. The van der Waals surface area contributed by atoms with Gasteiger partial charge in [-0.3, -0.25) is 9.59 Å². The summed E-state index contributed by atoms with van der Waals surface area (Å²) in [6.45, 7) is 4.79. The minimum absolute atomic E-state index is 0.174. The van der Waals surface area contributed by atoms with Gasteiger partial charge in [0.25, 0.3) is 5.91 Å². The maximum absolute atomic E-state index is 11.8. The lowest BCUT2D eigenvalue weighted by molar-refractivity contribution is -0.145. The molecule has 2 aromatic rings. The fourth-order valence-electron chi connectivity index (χ4n) is 2.26. The number of nitrogens with one attached hydrogen (secondary N) is 1. The van der Waals surface area contributed by atoms with Gasteiger partial charge in [-0.05, 0) is 43.2 Å². The van der Waals surface area contributed by atoms with Gasteiger partial charge in [-0.15, -0.1) is 11.8 Å². The number of ether oxygens (including phenoxy) is 2. The SMILES string of the molecule is CC(C)OCCCNC(=O)COC(=O)CSc1ccc2ccccc2c1. The quantitative estimate of drug-likeness (QED) is 0.392. The van der Waals surface area contributed by atoms with Gasteiger partial charge in [-0.1, -0.05) is 30.3 Å². The van der Waals surface area contributed by atoms with Crippen molar-refractivity contribution in [2.75, 3.05) is 25.5 Å². The number of amides is 1. The van der Waals surface area contributed by atoms with Gasteiger partial charge in [-0.25, -0.2) is 0 Å². The minimum atomic E-state index is -0.401. The largest absolute Gasteiger partial charge is 0.455 e.